The van der Waals surface area contributed by atoms with Crippen LogP contribution in [-0.2, 0) is 0 Å². The van der Waals surface area contributed by atoms with Gasteiger partial charge >= 0.3 is 5.63 Å². The Kier molecular flexibility index (Phi) is 5.81. The number of hydrogen-bond acceptors (Lipinski definition) is 3. The molecule has 3 heteroatoms. The number of benzene rings is 1. The van der Waals surface area contributed by atoms with Crippen LogP contribution in [-0.4, -0.2) is 6.04 Å². The van der Waals surface area contributed by atoms with Crippen LogP contribution >= 0.6 is 0 Å². The van der Waals surface area contributed by atoms with E-state index in [0.29, 0.717) is 11.6 Å². The van der Waals surface area contributed by atoms with Crippen molar-refractivity contribution in [2.24, 2.45) is 0 Å². The summed E-state index contributed by atoms with van der Waals surface area (Å²) in [6.45, 7) is 12.1. The molecule has 0 amide bonds. The van der Waals surface area contributed by atoms with Gasteiger partial charge in [-0.25, -0.2) is 4.79 Å². The van der Waals surface area contributed by atoms with E-state index >= 15 is 0 Å². The van der Waals surface area contributed by atoms with Gasteiger partial charge in [-0.1, -0.05) is 27.7 Å². The lowest BCUT2D eigenvalue weighted by molar-refractivity contribution is 0.544. The minimum Gasteiger partial charge on any atom is -0.422 e. The molecule has 0 atom stereocenters. The molecule has 0 saturated carbocycles. The van der Waals surface area contributed by atoms with E-state index in [9.17, 15) is 4.79 Å². The van der Waals surface area contributed by atoms with E-state index in [0.717, 1.165) is 16.6 Å². The van der Waals surface area contributed by atoms with Gasteiger partial charge in [0, 0.05) is 28.7 Å². The van der Waals surface area contributed by atoms with Gasteiger partial charge < -0.3 is 9.73 Å². The SMILES string of the molecule is CC.CC(C)Nc1ccc2cc(C(C)C)c(=O)oc2c1. The van der Waals surface area contributed by atoms with Crippen LogP contribution in [0, 0.1) is 0 Å². The van der Waals surface area contributed by atoms with Crippen LogP contribution < -0.4 is 10.9 Å². The molecule has 0 saturated heterocycles. The molecule has 110 valence electrons. The third-order valence-corrected chi connectivity index (χ3v) is 2.84. The van der Waals surface area contributed by atoms with Crippen molar-refractivity contribution in [2.75, 3.05) is 5.32 Å². The summed E-state index contributed by atoms with van der Waals surface area (Å²) in [5.41, 5.74) is 2.10. The van der Waals surface area contributed by atoms with Crippen molar-refractivity contribution in [1.82, 2.24) is 0 Å². The zero-order valence-electron chi connectivity index (χ0n) is 13.3. The first-order valence-electron chi connectivity index (χ1n) is 7.31. The number of anilines is 1. The third-order valence-electron chi connectivity index (χ3n) is 2.84. The van der Waals surface area contributed by atoms with Crippen LogP contribution in [0.1, 0.15) is 53.0 Å². The quantitative estimate of drug-likeness (QED) is 0.821. The summed E-state index contributed by atoms with van der Waals surface area (Å²) in [6, 6.07) is 8.14. The maximum atomic E-state index is 11.8. The molecule has 0 unspecified atom stereocenters. The predicted molar refractivity (Wildman–Crippen MR) is 86.7 cm³/mol. The monoisotopic (exact) mass is 275 g/mol. The number of nitrogens with one attached hydrogen (secondary N) is 1. The van der Waals surface area contributed by atoms with Crippen LogP contribution in [0.5, 0.6) is 0 Å². The van der Waals surface area contributed by atoms with E-state index in [4.69, 9.17) is 4.42 Å². The molecular formula is C17H25NO2. The van der Waals surface area contributed by atoms with Crippen LogP contribution in [0.15, 0.2) is 33.5 Å². The maximum absolute atomic E-state index is 11.8. The third kappa shape index (κ3) is 3.86. The van der Waals surface area contributed by atoms with E-state index in [2.05, 4.69) is 19.2 Å². The lowest BCUT2D eigenvalue weighted by atomic mass is 10.0. The zero-order valence-corrected chi connectivity index (χ0v) is 13.3. The summed E-state index contributed by atoms with van der Waals surface area (Å²) in [5.74, 6) is 0.180. The fourth-order valence-corrected chi connectivity index (χ4v) is 1.95. The van der Waals surface area contributed by atoms with Gasteiger partial charge in [-0.05, 0) is 38.0 Å². The van der Waals surface area contributed by atoms with Crippen molar-refractivity contribution in [2.45, 2.75) is 53.5 Å². The molecule has 0 bridgehead atoms. The van der Waals surface area contributed by atoms with E-state index < -0.39 is 0 Å². The fourth-order valence-electron chi connectivity index (χ4n) is 1.95. The molecule has 0 radical (unpaired) electrons. The highest BCUT2D eigenvalue weighted by Gasteiger charge is 2.09. The Labute approximate surface area is 121 Å². The van der Waals surface area contributed by atoms with Gasteiger partial charge in [0.2, 0.25) is 0 Å². The molecule has 0 aliphatic rings. The van der Waals surface area contributed by atoms with Crippen molar-refractivity contribution in [3.8, 4) is 0 Å². The van der Waals surface area contributed by atoms with Gasteiger partial charge in [-0.2, -0.15) is 0 Å². The lowest BCUT2D eigenvalue weighted by Crippen LogP contribution is -2.10. The smallest absolute Gasteiger partial charge is 0.339 e. The zero-order chi connectivity index (χ0) is 15.3. The van der Waals surface area contributed by atoms with E-state index in [-0.39, 0.29) is 11.5 Å². The predicted octanol–water partition coefficient (Wildman–Crippen LogP) is 4.76. The summed E-state index contributed by atoms with van der Waals surface area (Å²) in [6.07, 6.45) is 0. The Morgan fingerprint density at radius 2 is 1.70 bits per heavy atom. The van der Waals surface area contributed by atoms with E-state index in [1.54, 1.807) is 0 Å². The largest absolute Gasteiger partial charge is 0.422 e. The highest BCUT2D eigenvalue weighted by atomic mass is 16.4. The van der Waals surface area contributed by atoms with Crippen LogP contribution in [0.2, 0.25) is 0 Å². The number of hydrogen-bond donors (Lipinski definition) is 1. The first-order chi connectivity index (χ1) is 9.47. The molecular weight excluding hydrogens is 250 g/mol. The molecule has 1 aromatic heterocycles. The maximum Gasteiger partial charge on any atom is 0.339 e. The minimum atomic E-state index is -0.237. The molecule has 3 nitrogen and oxygen atoms in total. The Balaban J connectivity index is 0.000000956. The summed E-state index contributed by atoms with van der Waals surface area (Å²) < 4.78 is 5.38. The van der Waals surface area contributed by atoms with Crippen molar-refractivity contribution >= 4 is 16.7 Å². The summed E-state index contributed by atoms with van der Waals surface area (Å²) in [5, 5.41) is 4.26. The normalized spacial score (nSPS) is 10.6. The average molecular weight is 275 g/mol. The molecule has 2 aromatic rings. The van der Waals surface area contributed by atoms with Gasteiger partial charge in [0.15, 0.2) is 0 Å². The molecule has 0 spiro atoms. The Morgan fingerprint density at radius 3 is 2.25 bits per heavy atom. The molecule has 1 heterocycles. The highest BCUT2D eigenvalue weighted by Crippen LogP contribution is 2.21. The van der Waals surface area contributed by atoms with Crippen LogP contribution in [0.25, 0.3) is 11.0 Å². The van der Waals surface area contributed by atoms with Gasteiger partial charge in [0.25, 0.3) is 0 Å². The van der Waals surface area contributed by atoms with Crippen molar-refractivity contribution in [3.05, 3.63) is 40.2 Å². The lowest BCUT2D eigenvalue weighted by Gasteiger charge is -2.11. The van der Waals surface area contributed by atoms with E-state index in [1.807, 2.05) is 52.0 Å². The Bertz CT molecular complexity index is 612. The summed E-state index contributed by atoms with van der Waals surface area (Å²) >= 11 is 0. The second kappa shape index (κ2) is 7.13. The molecule has 0 fully saturated rings. The molecule has 20 heavy (non-hydrogen) atoms. The average Bonchev–Trinajstić information content (AvgIpc) is 2.39. The summed E-state index contributed by atoms with van der Waals surface area (Å²) in [4.78, 5) is 11.8. The Morgan fingerprint density at radius 1 is 1.05 bits per heavy atom. The molecule has 1 N–H and O–H groups in total. The van der Waals surface area contributed by atoms with Crippen LogP contribution in [0.3, 0.4) is 0 Å². The van der Waals surface area contributed by atoms with Gasteiger partial charge in [0.05, 0.1) is 0 Å². The van der Waals surface area contributed by atoms with Gasteiger partial charge in [-0.15, -0.1) is 0 Å². The second-order valence-corrected chi connectivity index (χ2v) is 5.20. The minimum absolute atomic E-state index is 0.180. The van der Waals surface area contributed by atoms with Crippen molar-refractivity contribution < 1.29 is 4.42 Å². The van der Waals surface area contributed by atoms with Gasteiger partial charge in [0.1, 0.15) is 5.58 Å². The topological polar surface area (TPSA) is 42.2 Å². The van der Waals surface area contributed by atoms with Crippen molar-refractivity contribution in [3.63, 3.8) is 0 Å². The Hall–Kier alpha value is -1.77. The first-order valence-corrected chi connectivity index (χ1v) is 7.31. The van der Waals surface area contributed by atoms with Crippen molar-refractivity contribution in [1.29, 1.82) is 0 Å². The fraction of sp³-hybridized carbons (Fsp3) is 0.471. The first kappa shape index (κ1) is 16.3. The second-order valence-electron chi connectivity index (χ2n) is 5.20. The molecule has 2 rings (SSSR count). The highest BCUT2D eigenvalue weighted by molar-refractivity contribution is 5.80. The number of fused-ring (bicyclic) bond motifs is 1. The van der Waals surface area contributed by atoms with Crippen LogP contribution in [0.4, 0.5) is 5.69 Å². The summed E-state index contributed by atoms with van der Waals surface area (Å²) in [7, 11) is 0. The van der Waals surface area contributed by atoms with E-state index in [1.165, 1.54) is 0 Å². The molecule has 0 aliphatic heterocycles. The molecule has 1 aromatic carbocycles. The number of rotatable bonds is 3. The standard InChI is InChI=1S/C15H19NO2.C2H6/c1-9(2)13-7-11-5-6-12(16-10(3)4)8-14(11)18-15(13)17;1-2/h5-10,16H,1-4H3;1-2H3. The molecule has 0 aliphatic carbocycles. The van der Waals surface area contributed by atoms with Gasteiger partial charge in [-0.3, -0.25) is 0 Å².